The minimum absolute atomic E-state index is 0.113. The number of nitrogens with one attached hydrogen (secondary N) is 2. The van der Waals surface area contributed by atoms with Gasteiger partial charge in [0.1, 0.15) is 0 Å². The Labute approximate surface area is 155 Å². The Bertz CT molecular complexity index is 1150. The lowest BCUT2D eigenvalue weighted by Gasteiger charge is -2.01. The first-order valence-corrected chi connectivity index (χ1v) is 9.33. The van der Waals surface area contributed by atoms with Gasteiger partial charge in [0.25, 0.3) is 0 Å². The Morgan fingerprint density at radius 3 is 2.44 bits per heavy atom. The number of aromatic amines is 1. The number of rotatable bonds is 5. The minimum atomic E-state index is -3.52. The Balaban J connectivity index is 1.97. The van der Waals surface area contributed by atoms with Crippen molar-refractivity contribution in [2.75, 3.05) is 7.05 Å². The summed E-state index contributed by atoms with van der Waals surface area (Å²) in [6.07, 6.45) is 0. The third-order valence-electron chi connectivity index (χ3n) is 4.00. The average molecular weight is 387 g/mol. The van der Waals surface area contributed by atoms with Gasteiger partial charge in [0, 0.05) is 5.39 Å². The molecular weight excluding hydrogens is 370 g/mol. The fourth-order valence-electron chi connectivity index (χ4n) is 2.47. The van der Waals surface area contributed by atoms with Gasteiger partial charge in [0.2, 0.25) is 15.9 Å². The number of oxime groups is 1. The normalized spacial score (nSPS) is 12.9. The summed E-state index contributed by atoms with van der Waals surface area (Å²) in [5, 5.41) is 30.9. The molecule has 0 saturated heterocycles. The third-order valence-corrected chi connectivity index (χ3v) is 5.43. The van der Waals surface area contributed by atoms with Crippen LogP contribution in [0.1, 0.15) is 12.5 Å². The molecule has 0 atom stereocenters. The molecule has 1 aromatic heterocycles. The molecule has 1 heterocycles. The molecule has 0 spiro atoms. The summed E-state index contributed by atoms with van der Waals surface area (Å²) in [4.78, 5) is 2.91. The number of azo groups is 1. The molecule has 9 nitrogen and oxygen atoms in total. The van der Waals surface area contributed by atoms with E-state index in [2.05, 4.69) is 25.1 Å². The molecule has 0 aliphatic carbocycles. The maximum atomic E-state index is 11.7. The number of sulfonamides is 1. The lowest BCUT2D eigenvalue weighted by Crippen LogP contribution is -2.18. The summed E-state index contributed by atoms with van der Waals surface area (Å²) in [6.45, 7) is 1.65. The molecule has 2 aromatic carbocycles. The summed E-state index contributed by atoms with van der Waals surface area (Å²) in [5.41, 5.74) is 2.38. The van der Waals surface area contributed by atoms with Crippen molar-refractivity contribution in [3.63, 3.8) is 0 Å². The predicted molar refractivity (Wildman–Crippen MR) is 101 cm³/mol. The number of hydrogen-bond acceptors (Lipinski definition) is 7. The van der Waals surface area contributed by atoms with Crippen molar-refractivity contribution in [1.82, 2.24) is 9.71 Å². The molecule has 0 fully saturated rings. The van der Waals surface area contributed by atoms with E-state index in [-0.39, 0.29) is 16.5 Å². The van der Waals surface area contributed by atoms with E-state index in [4.69, 9.17) is 5.21 Å². The van der Waals surface area contributed by atoms with Gasteiger partial charge < -0.3 is 15.3 Å². The molecule has 0 aliphatic heterocycles. The summed E-state index contributed by atoms with van der Waals surface area (Å²) < 4.78 is 25.7. The minimum Gasteiger partial charge on any atom is -0.493 e. The number of nitrogens with zero attached hydrogens (tertiary/aromatic N) is 3. The zero-order valence-electron chi connectivity index (χ0n) is 14.5. The number of hydrogen-bond donors (Lipinski definition) is 4. The Hall–Kier alpha value is -3.24. The van der Waals surface area contributed by atoms with Crippen LogP contribution in [-0.4, -0.2) is 36.5 Å². The summed E-state index contributed by atoms with van der Waals surface area (Å²) in [7, 11) is -2.19. The van der Waals surface area contributed by atoms with Crippen molar-refractivity contribution in [3.8, 4) is 5.88 Å². The molecule has 140 valence electrons. The first kappa shape index (κ1) is 18.5. The topological polar surface area (TPSA) is 140 Å². The largest absolute Gasteiger partial charge is 0.493 e. The average Bonchev–Trinajstić information content (AvgIpc) is 3.00. The van der Waals surface area contributed by atoms with Crippen LogP contribution in [0.15, 0.2) is 62.7 Å². The summed E-state index contributed by atoms with van der Waals surface area (Å²) in [5.74, 6) is -0.154. The highest BCUT2D eigenvalue weighted by molar-refractivity contribution is 7.89. The van der Waals surface area contributed by atoms with Gasteiger partial charge in [-0.15, -0.1) is 5.11 Å². The van der Waals surface area contributed by atoms with Gasteiger partial charge >= 0.3 is 0 Å². The number of fused-ring (bicyclic) bond motifs is 1. The molecule has 10 heteroatoms. The lowest BCUT2D eigenvalue weighted by molar-refractivity contribution is 0.319. The number of aromatic hydroxyl groups is 1. The van der Waals surface area contributed by atoms with Crippen molar-refractivity contribution in [2.24, 2.45) is 15.4 Å². The van der Waals surface area contributed by atoms with Crippen molar-refractivity contribution in [3.05, 3.63) is 48.0 Å². The molecule has 3 rings (SSSR count). The molecule has 0 bridgehead atoms. The molecular formula is C17H17N5O4S. The van der Waals surface area contributed by atoms with Crippen LogP contribution in [0.5, 0.6) is 5.88 Å². The van der Waals surface area contributed by atoms with Gasteiger partial charge in [-0.3, -0.25) is 0 Å². The maximum Gasteiger partial charge on any atom is 0.240 e. The van der Waals surface area contributed by atoms with E-state index in [0.717, 1.165) is 0 Å². The van der Waals surface area contributed by atoms with E-state index in [9.17, 15) is 13.5 Å². The molecule has 0 radical (unpaired) electrons. The van der Waals surface area contributed by atoms with Gasteiger partial charge in [-0.05, 0) is 55.9 Å². The van der Waals surface area contributed by atoms with Crippen LogP contribution in [0, 0.1) is 0 Å². The van der Waals surface area contributed by atoms with Gasteiger partial charge in [0.15, 0.2) is 5.69 Å². The SMILES string of the molecule is CNS(=O)(=O)c1ccc(N=Nc2c(O)[nH]c3ccc(/C(C)=N/O)cc23)cc1. The van der Waals surface area contributed by atoms with Gasteiger partial charge in [-0.2, -0.15) is 5.11 Å². The third kappa shape index (κ3) is 3.66. The van der Waals surface area contributed by atoms with Crippen molar-refractivity contribution < 1.29 is 18.7 Å². The second kappa shape index (κ2) is 7.17. The standard InChI is InChI=1S/C17H17N5O4S/c1-10(22-24)11-3-8-15-14(9-11)16(17(23)19-15)21-20-12-4-6-13(7-5-12)27(25,26)18-2/h3-9,18-19,23-24H,1-2H3/b21-20?,22-10+. The first-order chi connectivity index (χ1) is 12.9. The highest BCUT2D eigenvalue weighted by Crippen LogP contribution is 2.37. The Morgan fingerprint density at radius 2 is 1.81 bits per heavy atom. The van der Waals surface area contributed by atoms with Crippen LogP contribution in [0.2, 0.25) is 0 Å². The molecule has 4 N–H and O–H groups in total. The Kier molecular flexibility index (Phi) is 4.93. The molecule has 0 aliphatic rings. The van der Waals surface area contributed by atoms with E-state index >= 15 is 0 Å². The first-order valence-electron chi connectivity index (χ1n) is 7.85. The number of benzene rings is 2. The molecule has 0 saturated carbocycles. The van der Waals surface area contributed by atoms with Gasteiger partial charge in [-0.25, -0.2) is 13.1 Å². The van der Waals surface area contributed by atoms with Crippen LogP contribution < -0.4 is 4.72 Å². The Morgan fingerprint density at radius 1 is 1.11 bits per heavy atom. The number of H-pyrrole nitrogens is 1. The van der Waals surface area contributed by atoms with Crippen molar-refractivity contribution in [2.45, 2.75) is 11.8 Å². The zero-order valence-corrected chi connectivity index (χ0v) is 15.3. The summed E-state index contributed by atoms with van der Waals surface area (Å²) in [6, 6.07) is 11.0. The number of aromatic nitrogens is 1. The lowest BCUT2D eigenvalue weighted by atomic mass is 10.1. The quantitative estimate of drug-likeness (QED) is 0.230. The monoisotopic (exact) mass is 387 g/mol. The molecule has 3 aromatic rings. The molecule has 27 heavy (non-hydrogen) atoms. The fourth-order valence-corrected chi connectivity index (χ4v) is 3.20. The van der Waals surface area contributed by atoms with E-state index < -0.39 is 10.0 Å². The zero-order chi connectivity index (χ0) is 19.6. The van der Waals surface area contributed by atoms with Gasteiger partial charge in [0.05, 0.1) is 21.8 Å². The predicted octanol–water partition coefficient (Wildman–Crippen LogP) is 3.40. The fraction of sp³-hybridized carbons (Fsp3) is 0.118. The van der Waals surface area contributed by atoms with E-state index in [1.165, 1.54) is 31.3 Å². The van der Waals surface area contributed by atoms with Gasteiger partial charge in [-0.1, -0.05) is 11.2 Å². The van der Waals surface area contributed by atoms with E-state index in [0.29, 0.717) is 27.9 Å². The second-order valence-electron chi connectivity index (χ2n) is 5.67. The smallest absolute Gasteiger partial charge is 0.240 e. The molecule has 0 unspecified atom stereocenters. The maximum absolute atomic E-state index is 11.7. The molecule has 0 amide bonds. The van der Waals surface area contributed by atoms with Crippen LogP contribution >= 0.6 is 0 Å². The second-order valence-corrected chi connectivity index (χ2v) is 7.56. The van der Waals surface area contributed by atoms with Crippen LogP contribution in [0.3, 0.4) is 0 Å². The van der Waals surface area contributed by atoms with Crippen molar-refractivity contribution >= 4 is 38.0 Å². The highest BCUT2D eigenvalue weighted by atomic mass is 32.2. The summed E-state index contributed by atoms with van der Waals surface area (Å²) >= 11 is 0. The van der Waals surface area contributed by atoms with Crippen molar-refractivity contribution in [1.29, 1.82) is 0 Å². The van der Waals surface area contributed by atoms with E-state index in [1.807, 2.05) is 0 Å². The van der Waals surface area contributed by atoms with Crippen LogP contribution in [0.4, 0.5) is 11.4 Å². The highest BCUT2D eigenvalue weighted by Gasteiger charge is 2.13. The van der Waals surface area contributed by atoms with E-state index in [1.54, 1.807) is 25.1 Å². The van der Waals surface area contributed by atoms with Crippen LogP contribution in [0.25, 0.3) is 10.9 Å². The van der Waals surface area contributed by atoms with Crippen LogP contribution in [-0.2, 0) is 10.0 Å².